The summed E-state index contributed by atoms with van der Waals surface area (Å²) in [4.78, 5) is 12.2. The summed E-state index contributed by atoms with van der Waals surface area (Å²) in [6.07, 6.45) is 0. The molecule has 110 valence electrons. The highest BCUT2D eigenvalue weighted by Crippen LogP contribution is 2.17. The van der Waals surface area contributed by atoms with Gasteiger partial charge in [-0.3, -0.25) is 4.79 Å². The molecule has 0 saturated heterocycles. The normalized spacial score (nSPS) is 10.3. The topological polar surface area (TPSA) is 55.8 Å². The Morgan fingerprint density at radius 3 is 2.10 bits per heavy atom. The van der Waals surface area contributed by atoms with Gasteiger partial charge in [0.2, 0.25) is 0 Å². The van der Waals surface area contributed by atoms with E-state index in [4.69, 9.17) is 9.47 Å². The molecule has 2 aromatic carbocycles. The molecule has 0 aromatic heterocycles. The lowest BCUT2D eigenvalue weighted by Gasteiger charge is -2.07. The van der Waals surface area contributed by atoms with Crippen LogP contribution in [0.15, 0.2) is 48.5 Å². The number of rotatable bonds is 7. The molecule has 0 radical (unpaired) electrons. The maximum absolute atomic E-state index is 12.2. The Morgan fingerprint density at radius 2 is 1.52 bits per heavy atom. The number of hydrogen-bond donors (Lipinski definition) is 1. The summed E-state index contributed by atoms with van der Waals surface area (Å²) in [6.45, 7) is 3.64. The van der Waals surface area contributed by atoms with Gasteiger partial charge >= 0.3 is 0 Å². The van der Waals surface area contributed by atoms with Crippen molar-refractivity contribution in [3.8, 4) is 11.5 Å². The third-order valence-electron chi connectivity index (χ3n) is 2.95. The van der Waals surface area contributed by atoms with Crippen molar-refractivity contribution in [1.82, 2.24) is 0 Å². The summed E-state index contributed by atoms with van der Waals surface area (Å²) in [5, 5.41) is 9.23. The molecule has 0 aliphatic carbocycles. The monoisotopic (exact) mass is 286 g/mol. The number of aromatic hydroxyl groups is 1. The van der Waals surface area contributed by atoms with Crippen molar-refractivity contribution in [2.45, 2.75) is 6.92 Å². The highest BCUT2D eigenvalue weighted by molar-refractivity contribution is 6.09. The molecule has 0 aliphatic heterocycles. The number of carbonyl (C=O) groups is 1. The second-order valence-corrected chi connectivity index (χ2v) is 4.45. The largest absolute Gasteiger partial charge is 0.508 e. The minimum atomic E-state index is -0.0872. The standard InChI is InChI=1S/C17H18O4/c1-2-20-11-12-21-16-9-5-14(6-10-16)17(19)13-3-7-15(18)8-4-13/h3-10,18H,2,11-12H2,1H3. The maximum Gasteiger partial charge on any atom is 0.193 e. The zero-order valence-electron chi connectivity index (χ0n) is 11.9. The fourth-order valence-corrected chi connectivity index (χ4v) is 1.84. The van der Waals surface area contributed by atoms with Gasteiger partial charge in [-0.15, -0.1) is 0 Å². The molecule has 4 nitrogen and oxygen atoms in total. The summed E-state index contributed by atoms with van der Waals surface area (Å²) < 4.78 is 10.7. The molecule has 0 aliphatic rings. The van der Waals surface area contributed by atoms with Crippen LogP contribution in [0.2, 0.25) is 0 Å². The summed E-state index contributed by atoms with van der Waals surface area (Å²) in [6, 6.07) is 13.2. The van der Waals surface area contributed by atoms with Crippen LogP contribution in [-0.4, -0.2) is 30.7 Å². The van der Waals surface area contributed by atoms with E-state index in [0.29, 0.717) is 36.7 Å². The molecule has 0 atom stereocenters. The quantitative estimate of drug-likeness (QED) is 0.628. The van der Waals surface area contributed by atoms with Gasteiger partial charge in [-0.05, 0) is 55.5 Å². The lowest BCUT2D eigenvalue weighted by molar-refractivity contribution is 0.103. The van der Waals surface area contributed by atoms with Crippen LogP contribution in [0.25, 0.3) is 0 Å². The van der Waals surface area contributed by atoms with E-state index in [1.54, 1.807) is 36.4 Å². The number of ether oxygens (including phenoxy) is 2. The maximum atomic E-state index is 12.2. The van der Waals surface area contributed by atoms with Crippen molar-refractivity contribution < 1.29 is 19.4 Å². The molecular formula is C17H18O4. The van der Waals surface area contributed by atoms with Crippen LogP contribution in [0, 0.1) is 0 Å². The van der Waals surface area contributed by atoms with Crippen molar-refractivity contribution in [2.75, 3.05) is 19.8 Å². The predicted molar refractivity (Wildman–Crippen MR) is 80.0 cm³/mol. The Bertz CT molecular complexity index is 573. The average Bonchev–Trinajstić information content (AvgIpc) is 2.52. The SMILES string of the molecule is CCOCCOc1ccc(C(=O)c2ccc(O)cc2)cc1. The highest BCUT2D eigenvalue weighted by Gasteiger charge is 2.09. The van der Waals surface area contributed by atoms with Crippen molar-refractivity contribution in [1.29, 1.82) is 0 Å². The molecule has 2 aromatic rings. The first-order chi connectivity index (χ1) is 10.2. The predicted octanol–water partition coefficient (Wildman–Crippen LogP) is 3.04. The van der Waals surface area contributed by atoms with Crippen LogP contribution in [-0.2, 0) is 4.74 Å². The van der Waals surface area contributed by atoms with Gasteiger partial charge in [0.25, 0.3) is 0 Å². The van der Waals surface area contributed by atoms with Crippen LogP contribution >= 0.6 is 0 Å². The zero-order valence-corrected chi connectivity index (χ0v) is 11.9. The first kappa shape index (κ1) is 15.1. The number of ketones is 1. The number of phenols is 1. The van der Waals surface area contributed by atoms with Crippen LogP contribution in [0.3, 0.4) is 0 Å². The summed E-state index contributed by atoms with van der Waals surface area (Å²) in [5.74, 6) is 0.762. The molecule has 0 unspecified atom stereocenters. The van der Waals surface area contributed by atoms with Crippen molar-refractivity contribution in [3.05, 3.63) is 59.7 Å². The Hall–Kier alpha value is -2.33. The molecular weight excluding hydrogens is 268 g/mol. The molecule has 4 heteroatoms. The molecule has 21 heavy (non-hydrogen) atoms. The fraction of sp³-hybridized carbons (Fsp3) is 0.235. The van der Waals surface area contributed by atoms with Gasteiger partial charge in [-0.1, -0.05) is 0 Å². The number of hydrogen-bond acceptors (Lipinski definition) is 4. The molecule has 0 heterocycles. The van der Waals surface area contributed by atoms with Gasteiger partial charge in [0.05, 0.1) is 6.61 Å². The van der Waals surface area contributed by atoms with Crippen molar-refractivity contribution in [2.24, 2.45) is 0 Å². The van der Waals surface area contributed by atoms with Crippen LogP contribution in [0.1, 0.15) is 22.8 Å². The average molecular weight is 286 g/mol. The molecule has 0 spiro atoms. The van der Waals surface area contributed by atoms with E-state index < -0.39 is 0 Å². The number of carbonyl (C=O) groups excluding carboxylic acids is 1. The van der Waals surface area contributed by atoms with E-state index in [-0.39, 0.29) is 11.5 Å². The van der Waals surface area contributed by atoms with Crippen LogP contribution in [0.5, 0.6) is 11.5 Å². The molecule has 0 amide bonds. The smallest absolute Gasteiger partial charge is 0.193 e. The van der Waals surface area contributed by atoms with Crippen molar-refractivity contribution >= 4 is 5.78 Å². The second kappa shape index (κ2) is 7.45. The number of phenolic OH excluding ortho intramolecular Hbond substituents is 1. The molecule has 2 rings (SSSR count). The van der Waals surface area contributed by atoms with E-state index in [1.165, 1.54) is 12.1 Å². The molecule has 1 N–H and O–H groups in total. The Morgan fingerprint density at radius 1 is 0.952 bits per heavy atom. The summed E-state index contributed by atoms with van der Waals surface area (Å²) in [5.41, 5.74) is 1.12. The van der Waals surface area contributed by atoms with E-state index in [0.717, 1.165) is 0 Å². The van der Waals surface area contributed by atoms with Gasteiger partial charge in [0.1, 0.15) is 18.1 Å². The third kappa shape index (κ3) is 4.33. The first-order valence-corrected chi connectivity index (χ1v) is 6.85. The van der Waals surface area contributed by atoms with Gasteiger partial charge in [-0.2, -0.15) is 0 Å². The second-order valence-electron chi connectivity index (χ2n) is 4.45. The number of benzene rings is 2. The van der Waals surface area contributed by atoms with Gasteiger partial charge < -0.3 is 14.6 Å². The van der Waals surface area contributed by atoms with Gasteiger partial charge in [0.15, 0.2) is 5.78 Å². The Kier molecular flexibility index (Phi) is 5.35. The first-order valence-electron chi connectivity index (χ1n) is 6.85. The summed E-state index contributed by atoms with van der Waals surface area (Å²) in [7, 11) is 0. The highest BCUT2D eigenvalue weighted by atomic mass is 16.5. The molecule has 0 fully saturated rings. The van der Waals surface area contributed by atoms with Crippen LogP contribution in [0.4, 0.5) is 0 Å². The third-order valence-corrected chi connectivity index (χ3v) is 2.95. The van der Waals surface area contributed by atoms with E-state index in [1.807, 2.05) is 6.92 Å². The lowest BCUT2D eigenvalue weighted by Crippen LogP contribution is -2.06. The minimum Gasteiger partial charge on any atom is -0.508 e. The molecule has 0 bridgehead atoms. The van der Waals surface area contributed by atoms with Crippen molar-refractivity contribution in [3.63, 3.8) is 0 Å². The van der Waals surface area contributed by atoms with Crippen LogP contribution < -0.4 is 4.74 Å². The fourth-order valence-electron chi connectivity index (χ4n) is 1.84. The summed E-state index contributed by atoms with van der Waals surface area (Å²) >= 11 is 0. The minimum absolute atomic E-state index is 0.0872. The Labute approximate surface area is 123 Å². The van der Waals surface area contributed by atoms with E-state index in [2.05, 4.69) is 0 Å². The molecule has 0 saturated carbocycles. The van der Waals surface area contributed by atoms with Gasteiger partial charge in [0, 0.05) is 17.7 Å². The zero-order chi connectivity index (χ0) is 15.1. The van der Waals surface area contributed by atoms with E-state index in [9.17, 15) is 9.90 Å². The van der Waals surface area contributed by atoms with E-state index >= 15 is 0 Å². The Balaban J connectivity index is 1.98. The van der Waals surface area contributed by atoms with Gasteiger partial charge in [-0.25, -0.2) is 0 Å². The lowest BCUT2D eigenvalue weighted by atomic mass is 10.0.